The molecule has 0 saturated heterocycles. The van der Waals surface area contributed by atoms with E-state index in [-0.39, 0.29) is 5.56 Å². The van der Waals surface area contributed by atoms with Crippen LogP contribution in [0.2, 0.25) is 0 Å². The van der Waals surface area contributed by atoms with Crippen LogP contribution in [0, 0.1) is 0 Å². The number of fused-ring (bicyclic) bond motifs is 1. The van der Waals surface area contributed by atoms with Crippen LogP contribution in [-0.4, -0.2) is 4.57 Å². The number of nitrogens with zero attached hydrogens (tertiary/aromatic N) is 1. The smallest absolute Gasteiger partial charge is 0.250 e. The fourth-order valence-electron chi connectivity index (χ4n) is 2.31. The summed E-state index contributed by atoms with van der Waals surface area (Å²) in [4.78, 5) is 11.6. The van der Waals surface area contributed by atoms with Crippen LogP contribution >= 0.6 is 0 Å². The minimum atomic E-state index is 0.0371. The largest absolute Gasteiger partial charge is 0.311 e. The summed E-state index contributed by atoms with van der Waals surface area (Å²) in [6.45, 7) is 4.27. The maximum absolute atomic E-state index is 11.6. The molecule has 0 amide bonds. The highest BCUT2D eigenvalue weighted by atomic mass is 16.1. The van der Waals surface area contributed by atoms with E-state index in [0.29, 0.717) is 0 Å². The van der Waals surface area contributed by atoms with Gasteiger partial charge >= 0.3 is 0 Å². The van der Waals surface area contributed by atoms with Gasteiger partial charge in [0.1, 0.15) is 0 Å². The maximum atomic E-state index is 11.6. The lowest BCUT2D eigenvalue weighted by molar-refractivity contribution is 0.906. The fourth-order valence-corrected chi connectivity index (χ4v) is 2.31. The number of pyridine rings is 1. The average Bonchev–Trinajstić information content (AvgIpc) is 2.40. The van der Waals surface area contributed by atoms with Crippen molar-refractivity contribution in [2.24, 2.45) is 7.05 Å². The molecule has 18 heavy (non-hydrogen) atoms. The molecule has 0 bridgehead atoms. The summed E-state index contributed by atoms with van der Waals surface area (Å²) < 4.78 is 1.69. The molecular formula is C16H19NO. The Hall–Kier alpha value is -1.83. The molecule has 0 spiro atoms. The quantitative estimate of drug-likeness (QED) is 0.802. The first-order valence-electron chi connectivity index (χ1n) is 6.42. The summed E-state index contributed by atoms with van der Waals surface area (Å²) in [5.41, 5.74) is 3.65. The van der Waals surface area contributed by atoms with E-state index in [1.54, 1.807) is 10.6 Å². The van der Waals surface area contributed by atoms with Crippen LogP contribution in [0.5, 0.6) is 0 Å². The molecule has 2 heteroatoms. The molecule has 0 atom stereocenters. The van der Waals surface area contributed by atoms with Crippen LogP contribution in [0.25, 0.3) is 16.5 Å². The van der Waals surface area contributed by atoms with Crippen LogP contribution in [0.1, 0.15) is 32.3 Å². The molecule has 94 valence electrons. The van der Waals surface area contributed by atoms with Gasteiger partial charge in [0, 0.05) is 13.1 Å². The first-order chi connectivity index (χ1) is 8.67. The van der Waals surface area contributed by atoms with Crippen molar-refractivity contribution in [3.8, 4) is 0 Å². The van der Waals surface area contributed by atoms with E-state index in [1.807, 2.05) is 19.2 Å². The van der Waals surface area contributed by atoms with Crippen molar-refractivity contribution in [3.05, 3.63) is 52.3 Å². The minimum Gasteiger partial charge on any atom is -0.311 e. The van der Waals surface area contributed by atoms with Gasteiger partial charge in [-0.05, 0) is 48.1 Å². The zero-order valence-electron chi connectivity index (χ0n) is 11.2. The summed E-state index contributed by atoms with van der Waals surface area (Å²) in [7, 11) is 1.81. The van der Waals surface area contributed by atoms with Gasteiger partial charge in [-0.2, -0.15) is 0 Å². The first-order valence-corrected chi connectivity index (χ1v) is 6.42. The van der Waals surface area contributed by atoms with E-state index in [2.05, 4.69) is 32.1 Å². The van der Waals surface area contributed by atoms with Crippen molar-refractivity contribution in [1.29, 1.82) is 0 Å². The number of hydrogen-bond acceptors (Lipinski definition) is 1. The summed E-state index contributed by atoms with van der Waals surface area (Å²) >= 11 is 0. The van der Waals surface area contributed by atoms with Crippen LogP contribution in [-0.2, 0) is 7.05 Å². The molecule has 0 aliphatic heterocycles. The summed E-state index contributed by atoms with van der Waals surface area (Å²) in [6.07, 6.45) is 4.41. The predicted octanol–water partition coefficient (Wildman–Crippen LogP) is 3.74. The first kappa shape index (κ1) is 12.6. The molecule has 2 aromatic rings. The van der Waals surface area contributed by atoms with Crippen LogP contribution < -0.4 is 5.56 Å². The number of aromatic nitrogens is 1. The summed E-state index contributed by atoms with van der Waals surface area (Å²) in [5.74, 6) is 0. The lowest BCUT2D eigenvalue weighted by atomic mass is 9.99. The molecule has 0 radical (unpaired) electrons. The Morgan fingerprint density at radius 1 is 1.28 bits per heavy atom. The lowest BCUT2D eigenvalue weighted by Gasteiger charge is -2.09. The Balaban J connectivity index is 2.58. The average molecular weight is 241 g/mol. The molecule has 0 unspecified atom stereocenters. The van der Waals surface area contributed by atoms with Crippen LogP contribution in [0.4, 0.5) is 0 Å². The molecule has 0 aliphatic carbocycles. The zero-order valence-corrected chi connectivity index (χ0v) is 11.2. The highest BCUT2D eigenvalue weighted by Gasteiger charge is 2.03. The van der Waals surface area contributed by atoms with Gasteiger partial charge in [-0.15, -0.1) is 0 Å². The normalized spacial score (nSPS) is 12.1. The van der Waals surface area contributed by atoms with Gasteiger partial charge in [-0.3, -0.25) is 4.79 Å². The minimum absolute atomic E-state index is 0.0371. The second kappa shape index (κ2) is 5.21. The summed E-state index contributed by atoms with van der Waals surface area (Å²) in [6, 6.07) is 9.83. The van der Waals surface area contributed by atoms with Gasteiger partial charge < -0.3 is 4.57 Å². The Morgan fingerprint density at radius 3 is 2.72 bits per heavy atom. The maximum Gasteiger partial charge on any atom is 0.250 e. The topological polar surface area (TPSA) is 22.0 Å². The standard InChI is InChI=1S/C16H19NO/c1-4-6-12(5-2)13-7-9-15-14(11-13)8-10-16(18)17(15)3/h5,7-11H,4,6H2,1-3H3. The Bertz CT molecular complexity index is 650. The van der Waals surface area contributed by atoms with Crippen LogP contribution in [0.3, 0.4) is 0 Å². The molecule has 1 aromatic heterocycles. The van der Waals surface area contributed by atoms with Gasteiger partial charge in [0.05, 0.1) is 5.52 Å². The molecule has 0 N–H and O–H groups in total. The van der Waals surface area contributed by atoms with Crippen molar-refractivity contribution in [2.75, 3.05) is 0 Å². The van der Waals surface area contributed by atoms with Crippen molar-refractivity contribution in [1.82, 2.24) is 4.57 Å². The number of hydrogen-bond donors (Lipinski definition) is 0. The van der Waals surface area contributed by atoms with E-state index < -0.39 is 0 Å². The molecule has 1 heterocycles. The predicted molar refractivity (Wildman–Crippen MR) is 77.7 cm³/mol. The number of allylic oxidation sites excluding steroid dienone is 2. The van der Waals surface area contributed by atoms with Crippen molar-refractivity contribution < 1.29 is 0 Å². The number of aryl methyl sites for hydroxylation is 1. The van der Waals surface area contributed by atoms with E-state index >= 15 is 0 Å². The molecule has 1 aromatic carbocycles. The molecule has 0 saturated carbocycles. The van der Waals surface area contributed by atoms with E-state index in [1.165, 1.54) is 11.1 Å². The summed E-state index contributed by atoms with van der Waals surface area (Å²) in [5, 5.41) is 1.12. The van der Waals surface area contributed by atoms with Crippen molar-refractivity contribution in [2.45, 2.75) is 26.7 Å². The van der Waals surface area contributed by atoms with Gasteiger partial charge in [0.2, 0.25) is 0 Å². The monoisotopic (exact) mass is 241 g/mol. The number of benzene rings is 1. The van der Waals surface area contributed by atoms with E-state index in [0.717, 1.165) is 23.7 Å². The Morgan fingerprint density at radius 2 is 2.06 bits per heavy atom. The van der Waals surface area contributed by atoms with Crippen molar-refractivity contribution in [3.63, 3.8) is 0 Å². The fraction of sp³-hybridized carbons (Fsp3) is 0.312. The SMILES string of the molecule is CC=C(CCC)c1ccc2c(ccc(=O)n2C)c1. The highest BCUT2D eigenvalue weighted by molar-refractivity contribution is 5.83. The van der Waals surface area contributed by atoms with E-state index in [4.69, 9.17) is 0 Å². The van der Waals surface area contributed by atoms with Gasteiger partial charge in [0.25, 0.3) is 5.56 Å². The number of rotatable bonds is 3. The highest BCUT2D eigenvalue weighted by Crippen LogP contribution is 2.23. The van der Waals surface area contributed by atoms with Gasteiger partial charge in [0.15, 0.2) is 0 Å². The van der Waals surface area contributed by atoms with Gasteiger partial charge in [-0.25, -0.2) is 0 Å². The lowest BCUT2D eigenvalue weighted by Crippen LogP contribution is -2.14. The molecule has 2 nitrogen and oxygen atoms in total. The molecular weight excluding hydrogens is 222 g/mol. The third-order valence-corrected chi connectivity index (χ3v) is 3.36. The second-order valence-corrected chi connectivity index (χ2v) is 4.57. The van der Waals surface area contributed by atoms with E-state index in [9.17, 15) is 4.79 Å². The third kappa shape index (κ3) is 2.23. The third-order valence-electron chi connectivity index (χ3n) is 3.36. The Kier molecular flexibility index (Phi) is 3.66. The van der Waals surface area contributed by atoms with Gasteiger partial charge in [-0.1, -0.05) is 25.5 Å². The molecule has 0 fully saturated rings. The Labute approximate surface area is 108 Å². The zero-order chi connectivity index (χ0) is 13.1. The van der Waals surface area contributed by atoms with Crippen LogP contribution in [0.15, 0.2) is 41.2 Å². The molecule has 0 aliphatic rings. The van der Waals surface area contributed by atoms with Crippen molar-refractivity contribution >= 4 is 16.5 Å². The molecule has 2 rings (SSSR count). The second-order valence-electron chi connectivity index (χ2n) is 4.57.